The van der Waals surface area contributed by atoms with Crippen LogP contribution in [0.4, 0.5) is 0 Å². The first-order valence-corrected chi connectivity index (χ1v) is 7.04. The summed E-state index contributed by atoms with van der Waals surface area (Å²) < 4.78 is 35.0. The molecule has 0 radical (unpaired) electrons. The predicted molar refractivity (Wildman–Crippen MR) is 65.3 cm³/mol. The molecule has 1 atom stereocenters. The van der Waals surface area contributed by atoms with Gasteiger partial charge in [-0.1, -0.05) is 13.5 Å². The first kappa shape index (κ1) is 16.1. The monoisotopic (exact) mass is 264 g/mol. The molecule has 17 heavy (non-hydrogen) atoms. The number of ether oxygens (including phenoxy) is 1. The first-order chi connectivity index (χ1) is 7.59. The Balaban J connectivity index is 4.38. The van der Waals surface area contributed by atoms with E-state index in [1.165, 1.54) is 0 Å². The molecule has 0 spiro atoms. The summed E-state index contributed by atoms with van der Waals surface area (Å²) in [7, 11) is -3.96. The second-order valence-electron chi connectivity index (χ2n) is 4.36. The van der Waals surface area contributed by atoms with Crippen LogP contribution in [0.25, 0.3) is 0 Å². The summed E-state index contributed by atoms with van der Waals surface area (Å²) in [6.45, 7) is 8.62. The highest BCUT2D eigenvalue weighted by Crippen LogP contribution is 2.23. The number of hydrogen-bond acceptors (Lipinski definition) is 4. The van der Waals surface area contributed by atoms with E-state index in [0.29, 0.717) is 18.4 Å². The Morgan fingerprint density at radius 3 is 2.35 bits per heavy atom. The van der Waals surface area contributed by atoms with Crippen molar-refractivity contribution in [3.05, 3.63) is 12.2 Å². The van der Waals surface area contributed by atoms with E-state index in [4.69, 9.17) is 9.29 Å². The molecule has 5 nitrogen and oxygen atoms in total. The molecule has 0 saturated carbocycles. The number of carbonyl (C=O) groups excluding carboxylic acids is 1. The van der Waals surface area contributed by atoms with E-state index in [9.17, 15) is 13.2 Å². The van der Waals surface area contributed by atoms with Crippen molar-refractivity contribution in [2.75, 3.05) is 5.75 Å². The van der Waals surface area contributed by atoms with E-state index in [1.807, 2.05) is 6.92 Å². The lowest BCUT2D eigenvalue weighted by Gasteiger charge is -2.28. The van der Waals surface area contributed by atoms with Crippen LogP contribution in [0, 0.1) is 0 Å². The zero-order chi connectivity index (χ0) is 13.7. The van der Waals surface area contributed by atoms with Gasteiger partial charge in [0.2, 0.25) is 0 Å². The molecule has 1 N–H and O–H groups in total. The van der Waals surface area contributed by atoms with Crippen LogP contribution < -0.4 is 0 Å². The second kappa shape index (κ2) is 6.16. The topological polar surface area (TPSA) is 80.7 Å². The van der Waals surface area contributed by atoms with Gasteiger partial charge in [0, 0.05) is 5.57 Å². The quantitative estimate of drug-likeness (QED) is 0.432. The third-order valence-electron chi connectivity index (χ3n) is 2.54. The third-order valence-corrected chi connectivity index (χ3v) is 3.35. The van der Waals surface area contributed by atoms with E-state index >= 15 is 0 Å². The molecule has 0 fully saturated rings. The van der Waals surface area contributed by atoms with Gasteiger partial charge in [-0.05, 0) is 33.1 Å². The second-order valence-corrected chi connectivity index (χ2v) is 5.93. The van der Waals surface area contributed by atoms with E-state index in [-0.39, 0.29) is 12.2 Å². The van der Waals surface area contributed by atoms with Gasteiger partial charge in [0.1, 0.15) is 5.60 Å². The van der Waals surface area contributed by atoms with Crippen molar-refractivity contribution in [3.63, 3.8) is 0 Å². The van der Waals surface area contributed by atoms with Crippen LogP contribution in [0.2, 0.25) is 0 Å². The molecule has 0 aliphatic carbocycles. The van der Waals surface area contributed by atoms with Gasteiger partial charge in [0.05, 0.1) is 5.75 Å². The highest BCUT2D eigenvalue weighted by molar-refractivity contribution is 7.85. The summed E-state index contributed by atoms with van der Waals surface area (Å²) in [5, 5.41) is 0. The van der Waals surface area contributed by atoms with Crippen molar-refractivity contribution in [1.82, 2.24) is 0 Å². The van der Waals surface area contributed by atoms with Crippen molar-refractivity contribution in [3.8, 4) is 0 Å². The van der Waals surface area contributed by atoms with E-state index < -0.39 is 21.7 Å². The van der Waals surface area contributed by atoms with Gasteiger partial charge in [-0.2, -0.15) is 8.42 Å². The molecule has 0 amide bonds. The first-order valence-electron chi connectivity index (χ1n) is 5.43. The molecular weight excluding hydrogens is 244 g/mol. The summed E-state index contributed by atoms with van der Waals surface area (Å²) in [6.07, 6.45) is 1.19. The Morgan fingerprint density at radius 1 is 1.47 bits per heavy atom. The maximum absolute atomic E-state index is 11.4. The molecule has 0 aromatic rings. The maximum Gasteiger partial charge on any atom is 0.333 e. The van der Waals surface area contributed by atoms with Gasteiger partial charge < -0.3 is 4.74 Å². The lowest BCUT2D eigenvalue weighted by Crippen LogP contribution is -2.31. The van der Waals surface area contributed by atoms with Gasteiger partial charge in [-0.15, -0.1) is 0 Å². The molecule has 0 aliphatic rings. The Kier molecular flexibility index (Phi) is 5.84. The van der Waals surface area contributed by atoms with Crippen LogP contribution in [-0.4, -0.2) is 30.3 Å². The Morgan fingerprint density at radius 2 is 2.00 bits per heavy atom. The molecule has 0 rings (SSSR count). The molecule has 0 heterocycles. The fourth-order valence-electron chi connectivity index (χ4n) is 1.24. The highest BCUT2D eigenvalue weighted by Gasteiger charge is 2.27. The molecule has 0 aromatic carbocycles. The van der Waals surface area contributed by atoms with Gasteiger partial charge >= 0.3 is 5.97 Å². The van der Waals surface area contributed by atoms with Crippen molar-refractivity contribution in [2.24, 2.45) is 0 Å². The van der Waals surface area contributed by atoms with Crippen LogP contribution in [0.15, 0.2) is 12.2 Å². The minimum Gasteiger partial charge on any atom is -0.456 e. The molecule has 0 saturated heterocycles. The Bertz CT molecular complexity index is 385. The van der Waals surface area contributed by atoms with E-state index in [1.54, 1.807) is 13.8 Å². The molecule has 6 heteroatoms. The number of rotatable bonds is 7. The Labute approximate surface area is 103 Å². The van der Waals surface area contributed by atoms with Crippen molar-refractivity contribution in [1.29, 1.82) is 0 Å². The average molecular weight is 264 g/mol. The van der Waals surface area contributed by atoms with Crippen LogP contribution in [0.5, 0.6) is 0 Å². The van der Waals surface area contributed by atoms with E-state index in [2.05, 4.69) is 6.58 Å². The largest absolute Gasteiger partial charge is 0.456 e. The molecule has 1 unspecified atom stereocenters. The SMILES string of the molecule is C=C(C)C(=O)OC(C)(CC)CCCS(=O)(=O)O. The number of esters is 1. The van der Waals surface area contributed by atoms with Gasteiger partial charge in [0.15, 0.2) is 0 Å². The summed E-state index contributed by atoms with van der Waals surface area (Å²) in [4.78, 5) is 11.4. The fourth-order valence-corrected chi connectivity index (χ4v) is 1.75. The summed E-state index contributed by atoms with van der Waals surface area (Å²) in [5.41, 5.74) is -0.416. The smallest absolute Gasteiger partial charge is 0.333 e. The lowest BCUT2D eigenvalue weighted by molar-refractivity contribution is -0.154. The van der Waals surface area contributed by atoms with Crippen molar-refractivity contribution < 1.29 is 22.5 Å². The zero-order valence-corrected chi connectivity index (χ0v) is 11.3. The number of hydrogen-bond donors (Lipinski definition) is 1. The zero-order valence-electron chi connectivity index (χ0n) is 10.5. The van der Waals surface area contributed by atoms with Crippen LogP contribution in [0.1, 0.15) is 40.0 Å². The fraction of sp³-hybridized carbons (Fsp3) is 0.727. The summed E-state index contributed by atoms with van der Waals surface area (Å²) in [6, 6.07) is 0. The van der Waals surface area contributed by atoms with E-state index in [0.717, 1.165) is 0 Å². The van der Waals surface area contributed by atoms with Crippen LogP contribution in [-0.2, 0) is 19.6 Å². The molecule has 100 valence electrons. The average Bonchev–Trinajstić information content (AvgIpc) is 2.15. The standard InChI is InChI=1S/C11H20O5S/c1-5-11(4,16-10(12)9(2)3)7-6-8-17(13,14)15/h2,5-8H2,1,3-4H3,(H,13,14,15). The molecule has 0 aromatic heterocycles. The number of carbonyl (C=O) groups is 1. The minimum absolute atomic E-state index is 0.243. The van der Waals surface area contributed by atoms with Crippen molar-refractivity contribution >= 4 is 16.1 Å². The minimum atomic E-state index is -3.96. The Hall–Kier alpha value is -0.880. The summed E-state index contributed by atoms with van der Waals surface area (Å²) in [5.74, 6) is -0.811. The maximum atomic E-state index is 11.4. The predicted octanol–water partition coefficient (Wildman–Crippen LogP) is 1.94. The summed E-state index contributed by atoms with van der Waals surface area (Å²) >= 11 is 0. The van der Waals surface area contributed by atoms with Crippen molar-refractivity contribution in [2.45, 2.75) is 45.6 Å². The van der Waals surface area contributed by atoms with Crippen LogP contribution >= 0.6 is 0 Å². The van der Waals surface area contributed by atoms with Crippen LogP contribution in [0.3, 0.4) is 0 Å². The molecule has 0 aliphatic heterocycles. The highest BCUT2D eigenvalue weighted by atomic mass is 32.2. The lowest BCUT2D eigenvalue weighted by atomic mass is 9.97. The van der Waals surface area contributed by atoms with Gasteiger partial charge in [-0.3, -0.25) is 4.55 Å². The molecular formula is C11H20O5S. The normalized spacial score (nSPS) is 15.1. The van der Waals surface area contributed by atoms with Gasteiger partial charge in [-0.25, -0.2) is 4.79 Å². The third kappa shape index (κ3) is 7.12. The van der Waals surface area contributed by atoms with Gasteiger partial charge in [0.25, 0.3) is 10.1 Å². The molecule has 0 bridgehead atoms.